The van der Waals surface area contributed by atoms with Crippen LogP contribution in [0.3, 0.4) is 0 Å². The number of amides is 1. The van der Waals surface area contributed by atoms with Gasteiger partial charge in [-0.2, -0.15) is 0 Å². The van der Waals surface area contributed by atoms with Gasteiger partial charge in [-0.25, -0.2) is 0 Å². The molecule has 0 unspecified atom stereocenters. The average Bonchev–Trinajstić information content (AvgIpc) is 2.37. The maximum atomic E-state index is 12.0. The topological polar surface area (TPSA) is 60.8 Å². The van der Waals surface area contributed by atoms with Crippen molar-refractivity contribution in [1.29, 1.82) is 0 Å². The molecule has 1 rings (SSSR count). The van der Waals surface area contributed by atoms with Crippen molar-refractivity contribution in [3.63, 3.8) is 0 Å². The zero-order valence-corrected chi connectivity index (χ0v) is 11.2. The number of benzene rings is 1. The molecular weight excluding hydrogens is 254 g/mol. The van der Waals surface area contributed by atoms with E-state index in [1.807, 2.05) is 0 Å². The van der Waals surface area contributed by atoms with Crippen LogP contribution in [0.1, 0.15) is 29.6 Å². The summed E-state index contributed by atoms with van der Waals surface area (Å²) in [6.45, 7) is 0.822. The van der Waals surface area contributed by atoms with Crippen LogP contribution in [0.15, 0.2) is 18.2 Å². The lowest BCUT2D eigenvalue weighted by molar-refractivity contribution is 0.0792. The van der Waals surface area contributed by atoms with Crippen LogP contribution >= 0.6 is 11.6 Å². The first-order valence-electron chi connectivity index (χ1n) is 5.91. The van der Waals surface area contributed by atoms with E-state index in [1.54, 1.807) is 18.0 Å². The number of carbonyl (C=O) groups excluding carboxylic acids is 1. The quantitative estimate of drug-likeness (QED) is 0.781. The van der Waals surface area contributed by atoms with Gasteiger partial charge in [-0.15, -0.1) is 0 Å². The molecular formula is C13H18ClNO3. The molecule has 0 radical (unpaired) electrons. The fourth-order valence-electron chi connectivity index (χ4n) is 1.60. The van der Waals surface area contributed by atoms with Gasteiger partial charge in [0.1, 0.15) is 5.75 Å². The smallest absolute Gasteiger partial charge is 0.253 e. The van der Waals surface area contributed by atoms with Crippen molar-refractivity contribution in [3.05, 3.63) is 28.8 Å². The van der Waals surface area contributed by atoms with Crippen molar-refractivity contribution in [2.45, 2.75) is 19.3 Å². The van der Waals surface area contributed by atoms with Crippen LogP contribution in [-0.2, 0) is 0 Å². The molecule has 1 amide bonds. The first-order valence-corrected chi connectivity index (χ1v) is 6.29. The second-order valence-corrected chi connectivity index (χ2v) is 4.58. The van der Waals surface area contributed by atoms with Crippen LogP contribution in [0, 0.1) is 0 Å². The number of nitrogens with zero attached hydrogens (tertiary/aromatic N) is 1. The van der Waals surface area contributed by atoms with Crippen LogP contribution in [0.2, 0.25) is 5.02 Å². The molecule has 5 heteroatoms. The van der Waals surface area contributed by atoms with E-state index >= 15 is 0 Å². The molecule has 0 aliphatic carbocycles. The molecule has 100 valence electrons. The van der Waals surface area contributed by atoms with Crippen molar-refractivity contribution >= 4 is 17.5 Å². The van der Waals surface area contributed by atoms with Crippen molar-refractivity contribution in [1.82, 2.24) is 4.90 Å². The van der Waals surface area contributed by atoms with Crippen molar-refractivity contribution in [2.75, 3.05) is 20.2 Å². The minimum Gasteiger partial charge on any atom is -0.506 e. The highest BCUT2D eigenvalue weighted by Crippen LogP contribution is 2.24. The lowest BCUT2D eigenvalue weighted by atomic mass is 10.2. The summed E-state index contributed by atoms with van der Waals surface area (Å²) >= 11 is 5.76. The number of aromatic hydroxyl groups is 1. The third-order valence-electron chi connectivity index (χ3n) is 2.69. The van der Waals surface area contributed by atoms with Crippen LogP contribution in [-0.4, -0.2) is 41.2 Å². The summed E-state index contributed by atoms with van der Waals surface area (Å²) in [6.07, 6.45) is 2.51. The number of hydrogen-bond acceptors (Lipinski definition) is 3. The van der Waals surface area contributed by atoms with Crippen LogP contribution in [0.4, 0.5) is 0 Å². The first-order chi connectivity index (χ1) is 8.56. The number of aliphatic hydroxyl groups is 1. The summed E-state index contributed by atoms with van der Waals surface area (Å²) in [4.78, 5) is 13.6. The number of hydrogen-bond donors (Lipinski definition) is 2. The number of carbonyl (C=O) groups is 1. The number of aliphatic hydroxyl groups excluding tert-OH is 1. The van der Waals surface area contributed by atoms with Gasteiger partial charge in [-0.05, 0) is 37.5 Å². The van der Waals surface area contributed by atoms with E-state index in [4.69, 9.17) is 16.7 Å². The van der Waals surface area contributed by atoms with E-state index in [1.165, 1.54) is 12.1 Å². The molecule has 1 aromatic carbocycles. The molecule has 0 aromatic heterocycles. The molecule has 0 saturated heterocycles. The summed E-state index contributed by atoms with van der Waals surface area (Å²) < 4.78 is 0. The van der Waals surface area contributed by atoms with Crippen molar-refractivity contribution < 1.29 is 15.0 Å². The summed E-state index contributed by atoms with van der Waals surface area (Å²) in [5.41, 5.74) is 0.461. The van der Waals surface area contributed by atoms with Gasteiger partial charge in [0.25, 0.3) is 5.91 Å². The van der Waals surface area contributed by atoms with E-state index in [-0.39, 0.29) is 23.3 Å². The third-order valence-corrected chi connectivity index (χ3v) is 3.00. The Morgan fingerprint density at radius 2 is 2.06 bits per heavy atom. The number of halogens is 1. The molecule has 0 fully saturated rings. The molecule has 18 heavy (non-hydrogen) atoms. The average molecular weight is 272 g/mol. The van der Waals surface area contributed by atoms with Gasteiger partial charge >= 0.3 is 0 Å². The second-order valence-electron chi connectivity index (χ2n) is 4.18. The van der Waals surface area contributed by atoms with Gasteiger partial charge in [0.05, 0.1) is 5.02 Å². The summed E-state index contributed by atoms with van der Waals surface area (Å²) in [5.74, 6) is -0.153. The van der Waals surface area contributed by atoms with Crippen LogP contribution in [0.5, 0.6) is 5.75 Å². The SMILES string of the molecule is CN(CCCCCO)C(=O)c1ccc(O)c(Cl)c1. The fraction of sp³-hybridized carbons (Fsp3) is 0.462. The van der Waals surface area contributed by atoms with E-state index in [9.17, 15) is 9.90 Å². The molecule has 0 saturated carbocycles. The first kappa shape index (κ1) is 14.8. The molecule has 0 spiro atoms. The van der Waals surface area contributed by atoms with Gasteiger partial charge in [0.2, 0.25) is 0 Å². The zero-order chi connectivity index (χ0) is 13.5. The Morgan fingerprint density at radius 3 is 2.67 bits per heavy atom. The largest absolute Gasteiger partial charge is 0.506 e. The Morgan fingerprint density at radius 1 is 1.33 bits per heavy atom. The van der Waals surface area contributed by atoms with Crippen LogP contribution in [0.25, 0.3) is 0 Å². The van der Waals surface area contributed by atoms with Gasteiger partial charge in [0.15, 0.2) is 0 Å². The highest BCUT2D eigenvalue weighted by molar-refractivity contribution is 6.32. The lowest BCUT2D eigenvalue weighted by Crippen LogP contribution is -2.27. The molecule has 4 nitrogen and oxygen atoms in total. The molecule has 0 aliphatic heterocycles. The Kier molecular flexibility index (Phi) is 5.95. The lowest BCUT2D eigenvalue weighted by Gasteiger charge is -2.17. The molecule has 0 heterocycles. The van der Waals surface area contributed by atoms with Gasteiger partial charge < -0.3 is 15.1 Å². The van der Waals surface area contributed by atoms with Crippen LogP contribution < -0.4 is 0 Å². The maximum Gasteiger partial charge on any atom is 0.253 e. The Hall–Kier alpha value is -1.26. The zero-order valence-electron chi connectivity index (χ0n) is 10.4. The molecule has 0 bridgehead atoms. The van der Waals surface area contributed by atoms with E-state index in [0.717, 1.165) is 19.3 Å². The molecule has 0 aliphatic rings. The number of unbranched alkanes of at least 4 members (excludes halogenated alkanes) is 2. The van der Waals surface area contributed by atoms with Crippen molar-refractivity contribution in [2.24, 2.45) is 0 Å². The maximum absolute atomic E-state index is 12.0. The number of phenols is 1. The predicted octanol–water partition coefficient (Wildman–Crippen LogP) is 2.28. The molecule has 1 aromatic rings. The fourth-order valence-corrected chi connectivity index (χ4v) is 1.78. The minimum atomic E-state index is -0.124. The Labute approximate surface area is 112 Å². The van der Waals surface area contributed by atoms with Crippen molar-refractivity contribution in [3.8, 4) is 5.75 Å². The summed E-state index contributed by atoms with van der Waals surface area (Å²) in [5, 5.41) is 18.1. The number of rotatable bonds is 6. The minimum absolute atomic E-state index is 0.0289. The standard InChI is InChI=1S/C13H18ClNO3/c1-15(7-3-2-4-8-16)13(18)10-5-6-12(17)11(14)9-10/h5-6,9,16-17H,2-4,7-8H2,1H3. The van der Waals surface area contributed by atoms with E-state index < -0.39 is 0 Å². The second kappa shape index (κ2) is 7.24. The molecule has 0 atom stereocenters. The van der Waals surface area contributed by atoms with Gasteiger partial charge in [-0.1, -0.05) is 11.6 Å². The van der Waals surface area contributed by atoms with E-state index in [0.29, 0.717) is 12.1 Å². The Bertz CT molecular complexity index is 409. The van der Waals surface area contributed by atoms with Gasteiger partial charge in [0, 0.05) is 25.8 Å². The molecule has 2 N–H and O–H groups in total. The highest BCUT2D eigenvalue weighted by atomic mass is 35.5. The highest BCUT2D eigenvalue weighted by Gasteiger charge is 2.12. The normalized spacial score (nSPS) is 10.4. The summed E-state index contributed by atoms with van der Waals surface area (Å²) in [6, 6.07) is 4.42. The predicted molar refractivity (Wildman–Crippen MR) is 71.0 cm³/mol. The number of phenolic OH excluding ortho intramolecular Hbond substituents is 1. The van der Waals surface area contributed by atoms with E-state index in [2.05, 4.69) is 0 Å². The summed E-state index contributed by atoms with van der Waals surface area (Å²) in [7, 11) is 1.72. The monoisotopic (exact) mass is 271 g/mol. The Balaban J connectivity index is 2.54. The third kappa shape index (κ3) is 4.20. The van der Waals surface area contributed by atoms with Gasteiger partial charge in [-0.3, -0.25) is 4.79 Å².